The Kier molecular flexibility index (Phi) is 6.42. The van der Waals surface area contributed by atoms with Crippen molar-refractivity contribution < 1.29 is 13.6 Å². The molecule has 0 atom stereocenters. The van der Waals surface area contributed by atoms with E-state index in [-0.39, 0.29) is 5.91 Å². The molecule has 10 heteroatoms. The Morgan fingerprint density at radius 1 is 0.925 bits per heavy atom. The summed E-state index contributed by atoms with van der Waals surface area (Å²) in [5.41, 5.74) is 5.32. The normalized spacial score (nSPS) is 19.9. The molecule has 0 bridgehead atoms. The van der Waals surface area contributed by atoms with Crippen LogP contribution in [0.2, 0.25) is 0 Å². The minimum absolute atomic E-state index is 0.0522. The number of amides is 1. The van der Waals surface area contributed by atoms with Gasteiger partial charge in [-0.25, -0.2) is 13.5 Å². The van der Waals surface area contributed by atoms with Gasteiger partial charge in [-0.2, -0.15) is 0 Å². The quantitative estimate of drug-likeness (QED) is 0.462. The summed E-state index contributed by atoms with van der Waals surface area (Å²) in [5.74, 6) is -0.00423. The molecule has 0 N–H and O–H groups in total. The maximum atomic E-state index is 13.8. The van der Waals surface area contributed by atoms with E-state index in [0.29, 0.717) is 56.6 Å². The summed E-state index contributed by atoms with van der Waals surface area (Å²) in [7, 11) is 0. The molecule has 2 aromatic carbocycles. The highest BCUT2D eigenvalue weighted by atomic mass is 19.1. The topological polar surface area (TPSA) is 69.9 Å². The number of guanidine groups is 1. The highest BCUT2D eigenvalue weighted by Gasteiger charge is 2.41. The standard InChI is InChI=1S/C30H31F2N7O/c31-23-13-21(14-24(32)15-23)16-36-11-9-28-26(18-36)29(40)38(30-33-10-12-37(28)30)17-20-5-7-25(8-6-20)39-19-27(34-35-39)22-3-1-2-4-22/h5-8,13-15,19,22H,1-4,9-12,16-18H2. The van der Waals surface area contributed by atoms with Crippen molar-refractivity contribution >= 4 is 11.9 Å². The van der Waals surface area contributed by atoms with E-state index >= 15 is 0 Å². The van der Waals surface area contributed by atoms with Gasteiger partial charge in [0.25, 0.3) is 5.91 Å². The lowest BCUT2D eigenvalue weighted by Crippen LogP contribution is -2.53. The zero-order valence-electron chi connectivity index (χ0n) is 22.3. The maximum Gasteiger partial charge on any atom is 0.259 e. The van der Waals surface area contributed by atoms with E-state index in [1.165, 1.54) is 37.8 Å². The number of carbonyl (C=O) groups is 1. The van der Waals surface area contributed by atoms with Gasteiger partial charge in [-0.15, -0.1) is 5.10 Å². The molecule has 3 aliphatic heterocycles. The van der Waals surface area contributed by atoms with Crippen LogP contribution in [-0.2, 0) is 17.9 Å². The van der Waals surface area contributed by atoms with Gasteiger partial charge in [0.1, 0.15) is 11.6 Å². The van der Waals surface area contributed by atoms with Crippen molar-refractivity contribution in [2.75, 3.05) is 26.2 Å². The van der Waals surface area contributed by atoms with E-state index in [1.807, 2.05) is 35.1 Å². The summed E-state index contributed by atoms with van der Waals surface area (Å²) < 4.78 is 29.3. The second-order valence-corrected chi connectivity index (χ2v) is 11.1. The summed E-state index contributed by atoms with van der Waals surface area (Å²) in [4.78, 5) is 24.5. The lowest BCUT2D eigenvalue weighted by atomic mass is 10.00. The van der Waals surface area contributed by atoms with Gasteiger partial charge in [0.2, 0.25) is 5.96 Å². The van der Waals surface area contributed by atoms with Gasteiger partial charge in [-0.05, 0) is 48.2 Å². The van der Waals surface area contributed by atoms with Gasteiger partial charge in [-0.3, -0.25) is 19.6 Å². The molecule has 1 aliphatic carbocycles. The largest absolute Gasteiger partial charge is 0.314 e. The van der Waals surface area contributed by atoms with Crippen LogP contribution in [0.25, 0.3) is 5.69 Å². The number of hydrogen-bond donors (Lipinski definition) is 0. The van der Waals surface area contributed by atoms with Gasteiger partial charge in [0.05, 0.1) is 36.2 Å². The molecule has 8 nitrogen and oxygen atoms in total. The van der Waals surface area contributed by atoms with Crippen LogP contribution in [0.15, 0.2) is 64.9 Å². The Hall–Kier alpha value is -3.92. The number of rotatable bonds is 6. The number of halogens is 2. The van der Waals surface area contributed by atoms with Gasteiger partial charge >= 0.3 is 0 Å². The third kappa shape index (κ3) is 4.70. The predicted octanol–water partition coefficient (Wildman–Crippen LogP) is 4.38. The summed E-state index contributed by atoms with van der Waals surface area (Å²) in [6, 6.07) is 11.6. The van der Waals surface area contributed by atoms with Gasteiger partial charge in [0.15, 0.2) is 0 Å². The van der Waals surface area contributed by atoms with Gasteiger partial charge in [-0.1, -0.05) is 30.2 Å². The van der Waals surface area contributed by atoms with Crippen molar-refractivity contribution in [3.8, 4) is 5.69 Å². The summed E-state index contributed by atoms with van der Waals surface area (Å²) in [6.45, 7) is 3.33. The molecule has 1 aromatic heterocycles. The minimum atomic E-state index is -0.589. The number of nitrogens with zero attached hydrogens (tertiary/aromatic N) is 7. The first-order valence-corrected chi connectivity index (χ1v) is 14.1. The Balaban J connectivity index is 1.08. The SMILES string of the molecule is O=C1C2=C(CCN(Cc3cc(F)cc(F)c3)C2)N2CCN=C2N1Cc1ccc(-n2cc(C3CCCC3)nn2)cc1. The Labute approximate surface area is 231 Å². The number of fused-ring (bicyclic) bond motifs is 2. The molecule has 206 valence electrons. The molecule has 0 unspecified atom stereocenters. The third-order valence-electron chi connectivity index (χ3n) is 8.44. The Bertz CT molecular complexity index is 1490. The van der Waals surface area contributed by atoms with Crippen LogP contribution >= 0.6 is 0 Å². The fraction of sp³-hybridized carbons (Fsp3) is 0.400. The predicted molar refractivity (Wildman–Crippen MR) is 145 cm³/mol. The van der Waals surface area contributed by atoms with Crippen molar-refractivity contribution in [1.29, 1.82) is 0 Å². The molecular weight excluding hydrogens is 512 g/mol. The van der Waals surface area contributed by atoms with Crippen molar-refractivity contribution in [3.05, 3.63) is 88.4 Å². The fourth-order valence-electron chi connectivity index (χ4n) is 6.46. The molecule has 1 amide bonds. The maximum absolute atomic E-state index is 13.8. The zero-order chi connectivity index (χ0) is 27.2. The number of aliphatic imine (C=N–C) groups is 1. The van der Waals surface area contributed by atoms with E-state index in [9.17, 15) is 13.6 Å². The van der Waals surface area contributed by atoms with E-state index in [4.69, 9.17) is 0 Å². The second kappa shape index (κ2) is 10.2. The first kappa shape index (κ1) is 25.1. The van der Waals surface area contributed by atoms with Crippen LogP contribution < -0.4 is 0 Å². The highest BCUT2D eigenvalue weighted by molar-refractivity contribution is 6.09. The summed E-state index contributed by atoms with van der Waals surface area (Å²) in [5, 5.41) is 8.76. The van der Waals surface area contributed by atoms with Crippen LogP contribution in [-0.4, -0.2) is 67.7 Å². The molecule has 4 heterocycles. The van der Waals surface area contributed by atoms with E-state index in [1.54, 1.807) is 4.90 Å². The fourth-order valence-corrected chi connectivity index (χ4v) is 6.46. The first-order chi connectivity index (χ1) is 19.5. The lowest BCUT2D eigenvalue weighted by molar-refractivity contribution is -0.125. The monoisotopic (exact) mass is 543 g/mol. The Morgan fingerprint density at radius 3 is 2.48 bits per heavy atom. The summed E-state index contributed by atoms with van der Waals surface area (Å²) in [6.07, 6.45) is 7.61. The molecule has 3 aromatic rings. The van der Waals surface area contributed by atoms with E-state index in [2.05, 4.69) is 25.1 Å². The number of aromatic nitrogens is 3. The van der Waals surface area contributed by atoms with Crippen LogP contribution in [0.4, 0.5) is 8.78 Å². The molecule has 7 rings (SSSR count). The molecular formula is C30H31F2N7O. The highest BCUT2D eigenvalue weighted by Crippen LogP contribution is 2.34. The van der Waals surface area contributed by atoms with Crippen LogP contribution in [0, 0.1) is 11.6 Å². The van der Waals surface area contributed by atoms with Crippen molar-refractivity contribution in [2.45, 2.75) is 51.1 Å². The molecule has 1 saturated carbocycles. The van der Waals surface area contributed by atoms with Crippen molar-refractivity contribution in [2.24, 2.45) is 4.99 Å². The lowest BCUT2D eigenvalue weighted by Gasteiger charge is -2.42. The van der Waals surface area contributed by atoms with E-state index in [0.717, 1.165) is 40.8 Å². The summed E-state index contributed by atoms with van der Waals surface area (Å²) >= 11 is 0. The number of benzene rings is 2. The van der Waals surface area contributed by atoms with Crippen molar-refractivity contribution in [1.82, 2.24) is 29.7 Å². The molecule has 0 spiro atoms. The second-order valence-electron chi connectivity index (χ2n) is 11.1. The van der Waals surface area contributed by atoms with Gasteiger partial charge in [0, 0.05) is 50.3 Å². The molecule has 4 aliphatic rings. The van der Waals surface area contributed by atoms with E-state index < -0.39 is 11.6 Å². The van der Waals surface area contributed by atoms with Gasteiger partial charge < -0.3 is 4.90 Å². The van der Waals surface area contributed by atoms with Crippen LogP contribution in [0.3, 0.4) is 0 Å². The van der Waals surface area contributed by atoms with Crippen molar-refractivity contribution in [3.63, 3.8) is 0 Å². The molecule has 0 saturated heterocycles. The number of carbonyl (C=O) groups excluding carboxylic acids is 1. The van der Waals surface area contributed by atoms with Crippen LogP contribution in [0.1, 0.15) is 54.8 Å². The average molecular weight is 544 g/mol. The molecule has 40 heavy (non-hydrogen) atoms. The number of hydrogen-bond acceptors (Lipinski definition) is 6. The minimum Gasteiger partial charge on any atom is -0.314 e. The molecule has 0 radical (unpaired) electrons. The smallest absolute Gasteiger partial charge is 0.259 e. The average Bonchev–Trinajstić information content (AvgIpc) is 3.73. The third-order valence-corrected chi connectivity index (χ3v) is 8.44. The first-order valence-electron chi connectivity index (χ1n) is 14.1. The zero-order valence-corrected chi connectivity index (χ0v) is 22.3. The molecule has 1 fully saturated rings. The van der Waals surface area contributed by atoms with Crippen LogP contribution in [0.5, 0.6) is 0 Å². The Morgan fingerprint density at radius 2 is 1.70 bits per heavy atom.